The van der Waals surface area contributed by atoms with Crippen LogP contribution in [0.1, 0.15) is 12.5 Å². The van der Waals surface area contributed by atoms with Gasteiger partial charge in [-0.05, 0) is 39.2 Å². The Bertz CT molecular complexity index is 372. The predicted molar refractivity (Wildman–Crippen MR) is 64.9 cm³/mol. The molecule has 0 bridgehead atoms. The number of rotatable bonds is 5. The van der Waals surface area contributed by atoms with E-state index in [0.29, 0.717) is 0 Å². The highest BCUT2D eigenvalue weighted by molar-refractivity contribution is 5.75. The summed E-state index contributed by atoms with van der Waals surface area (Å²) < 4.78 is 5.75. The molecule has 1 unspecified atom stereocenters. The third kappa shape index (κ3) is 3.51. The van der Waals surface area contributed by atoms with Gasteiger partial charge in [0.1, 0.15) is 12.0 Å². The smallest absolute Gasteiger partial charge is 0.225 e. The van der Waals surface area contributed by atoms with Crippen molar-refractivity contribution in [3.63, 3.8) is 0 Å². The normalized spacial score (nSPS) is 13.0. The van der Waals surface area contributed by atoms with Gasteiger partial charge in [0.25, 0.3) is 0 Å². The summed E-state index contributed by atoms with van der Waals surface area (Å²) in [6.07, 6.45) is 4.73. The maximum atomic E-state index is 10.2. The lowest BCUT2D eigenvalue weighted by molar-refractivity contribution is 0.0813. The summed E-state index contributed by atoms with van der Waals surface area (Å²) in [6.45, 7) is 1.96. The van der Waals surface area contributed by atoms with Gasteiger partial charge in [-0.1, -0.05) is 18.2 Å². The first-order chi connectivity index (χ1) is 7.65. The van der Waals surface area contributed by atoms with E-state index < -0.39 is 0 Å². The average molecular weight is 218 g/mol. The molecule has 0 fully saturated rings. The second kappa shape index (κ2) is 6.08. The lowest BCUT2D eigenvalue weighted by Gasteiger charge is -2.22. The van der Waals surface area contributed by atoms with Crippen LogP contribution in [-0.2, 0) is 4.79 Å². The van der Waals surface area contributed by atoms with Gasteiger partial charge in [-0.15, -0.1) is 0 Å². The predicted octanol–water partition coefficient (Wildman–Crippen LogP) is 2.10. The van der Waals surface area contributed by atoms with Crippen LogP contribution in [-0.4, -0.2) is 31.5 Å². The number of allylic oxidation sites excluding steroid dienone is 1. The highest BCUT2D eigenvalue weighted by Crippen LogP contribution is 2.20. The first-order valence-corrected chi connectivity index (χ1v) is 5.11. The topological polar surface area (TPSA) is 29.5 Å². The molecule has 0 saturated heterocycles. The summed E-state index contributed by atoms with van der Waals surface area (Å²) in [5.74, 6) is 0.759. The first kappa shape index (κ1) is 12.5. The molecule has 1 radical (unpaired) electrons. The van der Waals surface area contributed by atoms with Crippen LogP contribution in [0.4, 0.5) is 0 Å². The van der Waals surface area contributed by atoms with E-state index in [4.69, 9.17) is 4.74 Å². The summed E-state index contributed by atoms with van der Waals surface area (Å²) in [5, 5.41) is 0. The molecule has 16 heavy (non-hydrogen) atoms. The van der Waals surface area contributed by atoms with E-state index in [2.05, 4.69) is 0 Å². The van der Waals surface area contributed by atoms with Gasteiger partial charge < -0.3 is 4.74 Å². The molecule has 0 N–H and O–H groups in total. The van der Waals surface area contributed by atoms with Gasteiger partial charge in [-0.25, -0.2) is 0 Å². The minimum Gasteiger partial charge on any atom is -0.475 e. The molecule has 0 aliphatic rings. The van der Waals surface area contributed by atoms with E-state index in [9.17, 15) is 4.79 Å². The second-order valence-electron chi connectivity index (χ2n) is 3.67. The van der Waals surface area contributed by atoms with Crippen molar-refractivity contribution < 1.29 is 9.53 Å². The van der Waals surface area contributed by atoms with Crippen molar-refractivity contribution in [1.29, 1.82) is 0 Å². The molecular formula is C13H16NO2. The Morgan fingerprint density at radius 3 is 2.69 bits per heavy atom. The van der Waals surface area contributed by atoms with Crippen molar-refractivity contribution in [3.05, 3.63) is 35.9 Å². The van der Waals surface area contributed by atoms with Crippen molar-refractivity contribution in [1.82, 2.24) is 4.90 Å². The van der Waals surface area contributed by atoms with Gasteiger partial charge in [0.15, 0.2) is 0 Å². The van der Waals surface area contributed by atoms with Crippen LogP contribution in [0, 0.1) is 0 Å². The maximum absolute atomic E-state index is 10.2. The van der Waals surface area contributed by atoms with Gasteiger partial charge in [-0.3, -0.25) is 9.69 Å². The van der Waals surface area contributed by atoms with Crippen molar-refractivity contribution in [3.8, 4) is 5.75 Å². The summed E-state index contributed by atoms with van der Waals surface area (Å²) in [4.78, 5) is 12.1. The highest BCUT2D eigenvalue weighted by atomic mass is 16.5. The van der Waals surface area contributed by atoms with Crippen LogP contribution >= 0.6 is 0 Å². The fourth-order valence-electron chi connectivity index (χ4n) is 1.14. The van der Waals surface area contributed by atoms with Crippen LogP contribution in [0.15, 0.2) is 30.3 Å². The van der Waals surface area contributed by atoms with Gasteiger partial charge in [0, 0.05) is 5.56 Å². The Hall–Kier alpha value is -1.61. The van der Waals surface area contributed by atoms with Crippen LogP contribution in [0.3, 0.4) is 0 Å². The molecule has 1 aromatic carbocycles. The molecular weight excluding hydrogens is 202 g/mol. The molecule has 1 atom stereocenters. The number of hydrogen-bond acceptors (Lipinski definition) is 3. The average Bonchev–Trinajstić information content (AvgIpc) is 2.27. The van der Waals surface area contributed by atoms with E-state index >= 15 is 0 Å². The summed E-state index contributed by atoms with van der Waals surface area (Å²) in [5.41, 5.74) is 0.875. The zero-order valence-electron chi connectivity index (χ0n) is 9.81. The van der Waals surface area contributed by atoms with Gasteiger partial charge in [-0.2, -0.15) is 0 Å². The zero-order valence-corrected chi connectivity index (χ0v) is 9.81. The lowest BCUT2D eigenvalue weighted by Crippen LogP contribution is -2.30. The van der Waals surface area contributed by atoms with Gasteiger partial charge in [0.05, 0.1) is 0 Å². The SMILES string of the molecule is CC(Oc1ccccc1/C=C/[C]=O)N(C)C. The molecule has 85 valence electrons. The largest absolute Gasteiger partial charge is 0.475 e. The van der Waals surface area contributed by atoms with E-state index in [1.165, 1.54) is 6.08 Å². The standard InChI is InChI=1S/C13H16NO2/c1-11(14(2)3)16-13-9-5-4-7-12(13)8-6-10-15/h4-9,11H,1-3H3/b8-6+. The first-order valence-electron chi connectivity index (χ1n) is 5.11. The summed E-state index contributed by atoms with van der Waals surface area (Å²) in [6, 6.07) is 7.58. The Morgan fingerprint density at radius 2 is 2.06 bits per heavy atom. The minimum atomic E-state index is -0.0187. The molecule has 3 nitrogen and oxygen atoms in total. The molecule has 0 amide bonds. The summed E-state index contributed by atoms with van der Waals surface area (Å²) >= 11 is 0. The number of carbonyl (C=O) groups excluding carboxylic acids is 1. The monoisotopic (exact) mass is 218 g/mol. The van der Waals surface area contributed by atoms with Crippen molar-refractivity contribution in [2.75, 3.05) is 14.1 Å². The van der Waals surface area contributed by atoms with Crippen LogP contribution in [0.5, 0.6) is 5.75 Å². The fraction of sp³-hybridized carbons (Fsp3) is 0.308. The third-order valence-corrected chi connectivity index (χ3v) is 2.27. The fourth-order valence-corrected chi connectivity index (χ4v) is 1.14. The number of benzene rings is 1. The number of para-hydroxylation sites is 1. The maximum Gasteiger partial charge on any atom is 0.225 e. The molecule has 1 aromatic rings. The quantitative estimate of drug-likeness (QED) is 0.560. The Labute approximate surface area is 96.3 Å². The van der Waals surface area contributed by atoms with Crippen LogP contribution < -0.4 is 4.74 Å². The second-order valence-corrected chi connectivity index (χ2v) is 3.67. The number of ether oxygens (including phenoxy) is 1. The summed E-state index contributed by atoms with van der Waals surface area (Å²) in [7, 11) is 3.89. The Morgan fingerprint density at radius 1 is 1.38 bits per heavy atom. The molecule has 0 saturated carbocycles. The molecule has 1 rings (SSSR count). The van der Waals surface area contributed by atoms with Crippen LogP contribution in [0.2, 0.25) is 0 Å². The van der Waals surface area contributed by atoms with E-state index in [-0.39, 0.29) is 6.23 Å². The van der Waals surface area contributed by atoms with Crippen molar-refractivity contribution >= 4 is 12.4 Å². The molecule has 0 heterocycles. The number of nitrogens with zero attached hydrogens (tertiary/aromatic N) is 1. The van der Waals surface area contributed by atoms with Crippen molar-refractivity contribution in [2.45, 2.75) is 13.2 Å². The van der Waals surface area contributed by atoms with E-state index in [0.717, 1.165) is 11.3 Å². The Balaban J connectivity index is 2.86. The minimum absolute atomic E-state index is 0.0187. The molecule has 0 spiro atoms. The van der Waals surface area contributed by atoms with E-state index in [1.54, 1.807) is 12.4 Å². The highest BCUT2D eigenvalue weighted by Gasteiger charge is 2.07. The van der Waals surface area contributed by atoms with Crippen molar-refractivity contribution in [2.24, 2.45) is 0 Å². The molecule has 3 heteroatoms. The van der Waals surface area contributed by atoms with Gasteiger partial charge in [0.2, 0.25) is 6.29 Å². The van der Waals surface area contributed by atoms with Crippen LogP contribution in [0.25, 0.3) is 6.08 Å². The third-order valence-electron chi connectivity index (χ3n) is 2.27. The lowest BCUT2D eigenvalue weighted by atomic mass is 10.2. The van der Waals surface area contributed by atoms with E-state index in [1.807, 2.05) is 50.2 Å². The molecule has 0 aliphatic heterocycles. The molecule has 0 aliphatic carbocycles. The molecule has 0 aromatic heterocycles. The number of hydrogen-bond donors (Lipinski definition) is 0. The Kier molecular flexibility index (Phi) is 4.73. The zero-order chi connectivity index (χ0) is 12.0. The van der Waals surface area contributed by atoms with Gasteiger partial charge >= 0.3 is 0 Å².